The van der Waals surface area contributed by atoms with Crippen LogP contribution in [0.3, 0.4) is 0 Å². The smallest absolute Gasteiger partial charge is 0.147 e. The van der Waals surface area contributed by atoms with Gasteiger partial charge in [-0.2, -0.15) is 5.26 Å². The average Bonchev–Trinajstić information content (AvgIpc) is 3.15. The Kier molecular flexibility index (Phi) is 5.18. The fraction of sp³-hybridized carbons (Fsp3) is 0.550. The molecular formula is C20H25N5S. The summed E-state index contributed by atoms with van der Waals surface area (Å²) in [4.78, 5) is 5.05. The molecule has 0 amide bonds. The lowest BCUT2D eigenvalue weighted by Crippen LogP contribution is -2.48. The van der Waals surface area contributed by atoms with Crippen LogP contribution in [-0.4, -0.2) is 47.3 Å². The van der Waals surface area contributed by atoms with Crippen molar-refractivity contribution in [3.8, 4) is 16.6 Å². The third-order valence-electron chi connectivity index (χ3n) is 5.60. The van der Waals surface area contributed by atoms with Crippen LogP contribution in [0.4, 0.5) is 5.69 Å². The molecule has 1 aromatic heterocycles. The van der Waals surface area contributed by atoms with Gasteiger partial charge in [0.1, 0.15) is 10.0 Å². The van der Waals surface area contributed by atoms with Gasteiger partial charge in [-0.05, 0) is 51.3 Å². The van der Waals surface area contributed by atoms with Gasteiger partial charge in [0.15, 0.2) is 0 Å². The first-order valence-corrected chi connectivity index (χ1v) is 10.3. The number of aryl methyl sites for hydroxylation is 1. The summed E-state index contributed by atoms with van der Waals surface area (Å²) < 4.78 is 0. The Morgan fingerprint density at radius 1 is 1.15 bits per heavy atom. The van der Waals surface area contributed by atoms with E-state index in [2.05, 4.69) is 50.3 Å². The number of hydrogen-bond acceptors (Lipinski definition) is 6. The normalized spacial score (nSPS) is 22.3. The Morgan fingerprint density at radius 3 is 2.73 bits per heavy atom. The predicted octanol–water partition coefficient (Wildman–Crippen LogP) is 3.72. The molecule has 5 nitrogen and oxygen atoms in total. The number of rotatable bonds is 3. The molecule has 1 aromatic carbocycles. The third kappa shape index (κ3) is 3.74. The minimum atomic E-state index is 0.230. The maximum Gasteiger partial charge on any atom is 0.147 e. The van der Waals surface area contributed by atoms with E-state index < -0.39 is 0 Å². The summed E-state index contributed by atoms with van der Waals surface area (Å²) >= 11 is 1.64. The Morgan fingerprint density at radius 2 is 2.00 bits per heavy atom. The first kappa shape index (κ1) is 17.4. The van der Waals surface area contributed by atoms with Crippen LogP contribution in [0.5, 0.6) is 0 Å². The first-order valence-electron chi connectivity index (χ1n) is 9.52. The van der Waals surface area contributed by atoms with Crippen molar-refractivity contribution >= 4 is 17.0 Å². The molecule has 1 unspecified atom stereocenters. The van der Waals surface area contributed by atoms with Gasteiger partial charge in [0, 0.05) is 36.9 Å². The fourth-order valence-electron chi connectivity index (χ4n) is 4.18. The molecule has 2 aliphatic heterocycles. The minimum absolute atomic E-state index is 0.230. The summed E-state index contributed by atoms with van der Waals surface area (Å²) in [7, 11) is 0. The van der Waals surface area contributed by atoms with Crippen LogP contribution in [0.15, 0.2) is 24.3 Å². The Bertz CT molecular complexity index is 787. The van der Waals surface area contributed by atoms with Crippen molar-refractivity contribution in [3.05, 3.63) is 29.3 Å². The molecule has 0 N–H and O–H groups in total. The van der Waals surface area contributed by atoms with Crippen molar-refractivity contribution < 1.29 is 0 Å². The number of hydrogen-bond donors (Lipinski definition) is 0. The average molecular weight is 368 g/mol. The fourth-order valence-corrected chi connectivity index (χ4v) is 4.87. The molecule has 3 heterocycles. The zero-order valence-electron chi connectivity index (χ0n) is 15.3. The van der Waals surface area contributed by atoms with Gasteiger partial charge >= 0.3 is 0 Å². The van der Waals surface area contributed by atoms with Gasteiger partial charge in [0.25, 0.3) is 0 Å². The Balaban J connectivity index is 1.40. The molecule has 136 valence electrons. The molecule has 2 aromatic rings. The number of anilines is 1. The molecule has 0 spiro atoms. The standard InChI is InChI=1S/C20H25N5S/c1-15-22-23-20(26-15)17-5-2-6-19(12-17)24-10-7-18(8-11-24)25-9-3-4-16(13-21)14-25/h2,5-6,12,16,18H,3-4,7-11,14H2,1H3. The van der Waals surface area contributed by atoms with Crippen LogP contribution in [0.2, 0.25) is 0 Å². The topological polar surface area (TPSA) is 56.1 Å². The zero-order chi connectivity index (χ0) is 17.9. The molecule has 6 heteroatoms. The van der Waals surface area contributed by atoms with Crippen LogP contribution < -0.4 is 4.90 Å². The van der Waals surface area contributed by atoms with Crippen molar-refractivity contribution in [1.29, 1.82) is 5.26 Å². The van der Waals surface area contributed by atoms with Crippen molar-refractivity contribution in [2.75, 3.05) is 31.1 Å². The first-order chi connectivity index (χ1) is 12.7. The second-order valence-electron chi connectivity index (χ2n) is 7.36. The lowest BCUT2D eigenvalue weighted by molar-refractivity contribution is 0.122. The number of aromatic nitrogens is 2. The molecule has 0 saturated carbocycles. The minimum Gasteiger partial charge on any atom is -0.371 e. The molecule has 0 bridgehead atoms. The lowest BCUT2D eigenvalue weighted by Gasteiger charge is -2.42. The van der Waals surface area contributed by atoms with Crippen LogP contribution in [0.1, 0.15) is 30.7 Å². The summed E-state index contributed by atoms with van der Waals surface area (Å²) in [5, 5.41) is 19.6. The highest BCUT2D eigenvalue weighted by Crippen LogP contribution is 2.30. The second-order valence-corrected chi connectivity index (χ2v) is 8.54. The van der Waals surface area contributed by atoms with Crippen molar-refractivity contribution in [2.45, 2.75) is 38.6 Å². The van der Waals surface area contributed by atoms with E-state index in [1.165, 1.54) is 24.9 Å². The van der Waals surface area contributed by atoms with Crippen LogP contribution in [-0.2, 0) is 0 Å². The lowest BCUT2D eigenvalue weighted by atomic mass is 9.94. The van der Waals surface area contributed by atoms with Gasteiger partial charge < -0.3 is 4.90 Å². The monoisotopic (exact) mass is 367 g/mol. The third-order valence-corrected chi connectivity index (χ3v) is 6.49. The van der Waals surface area contributed by atoms with Gasteiger partial charge in [0.05, 0.1) is 12.0 Å². The number of piperidine rings is 2. The highest BCUT2D eigenvalue weighted by Gasteiger charge is 2.29. The molecule has 26 heavy (non-hydrogen) atoms. The van der Waals surface area contributed by atoms with Gasteiger partial charge in [-0.1, -0.05) is 23.5 Å². The molecule has 1 atom stereocenters. The maximum atomic E-state index is 9.23. The van der Waals surface area contributed by atoms with Gasteiger partial charge in [-0.3, -0.25) is 4.90 Å². The number of benzene rings is 1. The van der Waals surface area contributed by atoms with E-state index in [0.29, 0.717) is 6.04 Å². The van der Waals surface area contributed by atoms with E-state index in [9.17, 15) is 5.26 Å². The summed E-state index contributed by atoms with van der Waals surface area (Å²) in [5.41, 5.74) is 2.44. The second kappa shape index (κ2) is 7.73. The largest absolute Gasteiger partial charge is 0.371 e. The highest BCUT2D eigenvalue weighted by molar-refractivity contribution is 7.14. The Labute approximate surface area is 159 Å². The molecule has 2 fully saturated rings. The van der Waals surface area contributed by atoms with Crippen molar-refractivity contribution in [1.82, 2.24) is 15.1 Å². The molecule has 4 rings (SSSR count). The summed E-state index contributed by atoms with van der Waals surface area (Å²) in [6, 6.07) is 11.8. The zero-order valence-corrected chi connectivity index (χ0v) is 16.1. The SMILES string of the molecule is Cc1nnc(-c2cccc(N3CCC(N4CCCC(C#N)C4)CC3)c2)s1. The van der Waals surface area contributed by atoms with E-state index in [0.717, 1.165) is 48.2 Å². The van der Waals surface area contributed by atoms with E-state index >= 15 is 0 Å². The van der Waals surface area contributed by atoms with Crippen molar-refractivity contribution in [3.63, 3.8) is 0 Å². The van der Waals surface area contributed by atoms with Gasteiger partial charge in [-0.25, -0.2) is 0 Å². The summed E-state index contributed by atoms with van der Waals surface area (Å²) in [6.45, 7) is 6.28. The quantitative estimate of drug-likeness (QED) is 0.827. The number of likely N-dealkylation sites (tertiary alicyclic amines) is 1. The molecule has 2 aliphatic rings. The molecule has 0 aliphatic carbocycles. The molecule has 0 radical (unpaired) electrons. The highest BCUT2D eigenvalue weighted by atomic mass is 32.1. The van der Waals surface area contributed by atoms with Crippen molar-refractivity contribution in [2.24, 2.45) is 5.92 Å². The number of nitriles is 1. The molecular weight excluding hydrogens is 342 g/mol. The summed E-state index contributed by atoms with van der Waals surface area (Å²) in [5.74, 6) is 0.230. The number of nitrogens with zero attached hydrogens (tertiary/aromatic N) is 5. The van der Waals surface area contributed by atoms with Crippen LogP contribution in [0, 0.1) is 24.2 Å². The van der Waals surface area contributed by atoms with Gasteiger partial charge in [-0.15, -0.1) is 10.2 Å². The summed E-state index contributed by atoms with van der Waals surface area (Å²) in [6.07, 6.45) is 4.60. The molecule has 2 saturated heterocycles. The van der Waals surface area contributed by atoms with Crippen LogP contribution in [0.25, 0.3) is 10.6 Å². The Hall–Kier alpha value is -1.97. The van der Waals surface area contributed by atoms with E-state index in [1.54, 1.807) is 11.3 Å². The van der Waals surface area contributed by atoms with E-state index in [1.807, 2.05) is 6.92 Å². The van der Waals surface area contributed by atoms with Crippen LogP contribution >= 0.6 is 11.3 Å². The van der Waals surface area contributed by atoms with E-state index in [-0.39, 0.29) is 5.92 Å². The van der Waals surface area contributed by atoms with Gasteiger partial charge in [0.2, 0.25) is 0 Å². The van der Waals surface area contributed by atoms with E-state index in [4.69, 9.17) is 0 Å². The predicted molar refractivity (Wildman–Crippen MR) is 105 cm³/mol. The maximum absolute atomic E-state index is 9.23.